The molecule has 1 aliphatic heterocycles. The molecule has 0 aliphatic carbocycles. The first-order chi connectivity index (χ1) is 17.0. The van der Waals surface area contributed by atoms with Crippen molar-refractivity contribution in [3.63, 3.8) is 0 Å². The van der Waals surface area contributed by atoms with Gasteiger partial charge in [0.25, 0.3) is 5.91 Å². The van der Waals surface area contributed by atoms with Gasteiger partial charge in [-0.15, -0.1) is 11.3 Å². The highest BCUT2D eigenvalue weighted by Crippen LogP contribution is 2.33. The summed E-state index contributed by atoms with van der Waals surface area (Å²) < 4.78 is 17.4. The van der Waals surface area contributed by atoms with Gasteiger partial charge in [-0.2, -0.15) is 5.10 Å². The number of benzene rings is 2. The fourth-order valence-electron chi connectivity index (χ4n) is 3.32. The highest BCUT2D eigenvalue weighted by molar-refractivity contribution is 7.07. The lowest BCUT2D eigenvalue weighted by Gasteiger charge is -2.18. The number of nitrogens with one attached hydrogen (secondary N) is 1. The van der Waals surface area contributed by atoms with Gasteiger partial charge in [0.2, 0.25) is 4.80 Å². The summed E-state index contributed by atoms with van der Waals surface area (Å²) in [6.07, 6.45) is 1.37. The van der Waals surface area contributed by atoms with Crippen molar-refractivity contribution in [3.05, 3.63) is 80.7 Å². The molecule has 0 spiro atoms. The number of thiazole rings is 1. The molecule has 3 heterocycles. The van der Waals surface area contributed by atoms with Gasteiger partial charge >= 0.3 is 5.88 Å². The van der Waals surface area contributed by atoms with Crippen LogP contribution in [0.4, 0.5) is 17.3 Å². The van der Waals surface area contributed by atoms with Gasteiger partial charge in [0.1, 0.15) is 16.4 Å². The first kappa shape index (κ1) is 22.1. The van der Waals surface area contributed by atoms with E-state index < -0.39 is 4.92 Å². The third-order valence-corrected chi connectivity index (χ3v) is 5.80. The SMILES string of the molecule is COc1ccc(N=c2scc(-c3ccc4c(c3)NC(=O)CO4)n2N=Cc2ccc([N+](=O)[O-])o2)cc1. The number of aromatic nitrogens is 1. The fraction of sp³-hybridized carbons (Fsp3) is 0.0870. The van der Waals surface area contributed by atoms with E-state index in [9.17, 15) is 14.9 Å². The number of anilines is 1. The summed E-state index contributed by atoms with van der Waals surface area (Å²) in [4.78, 5) is 27.3. The Hall–Kier alpha value is -4.71. The Labute approximate surface area is 201 Å². The minimum atomic E-state index is -0.617. The van der Waals surface area contributed by atoms with Gasteiger partial charge in [0, 0.05) is 10.9 Å². The smallest absolute Gasteiger partial charge is 0.433 e. The maximum atomic E-state index is 11.8. The molecule has 12 heteroatoms. The first-order valence-corrected chi connectivity index (χ1v) is 11.1. The Kier molecular flexibility index (Phi) is 5.85. The number of carbonyl (C=O) groups is 1. The second kappa shape index (κ2) is 9.27. The zero-order valence-corrected chi connectivity index (χ0v) is 19.0. The number of fused-ring (bicyclic) bond motifs is 1. The molecule has 0 saturated heterocycles. The molecule has 0 unspecified atom stereocenters. The first-order valence-electron chi connectivity index (χ1n) is 10.2. The third kappa shape index (κ3) is 4.68. The molecule has 1 amide bonds. The lowest BCUT2D eigenvalue weighted by Crippen LogP contribution is -2.25. The Bertz CT molecular complexity index is 1520. The number of hydrogen-bond donors (Lipinski definition) is 1. The van der Waals surface area contributed by atoms with Crippen molar-refractivity contribution in [1.82, 2.24) is 4.68 Å². The molecule has 176 valence electrons. The van der Waals surface area contributed by atoms with Crippen LogP contribution >= 0.6 is 11.3 Å². The van der Waals surface area contributed by atoms with Gasteiger partial charge in [-0.1, -0.05) is 0 Å². The number of nitrogens with zero attached hydrogens (tertiary/aromatic N) is 4. The largest absolute Gasteiger partial charge is 0.497 e. The molecule has 35 heavy (non-hydrogen) atoms. The second-order valence-corrected chi connectivity index (χ2v) is 8.09. The average Bonchev–Trinajstić information content (AvgIpc) is 3.50. The lowest BCUT2D eigenvalue weighted by atomic mass is 10.1. The Morgan fingerprint density at radius 1 is 1.20 bits per heavy atom. The van der Waals surface area contributed by atoms with Crippen molar-refractivity contribution >= 4 is 40.7 Å². The van der Waals surface area contributed by atoms with Crippen LogP contribution < -0.4 is 19.6 Å². The van der Waals surface area contributed by atoms with Crippen LogP contribution in [0, 0.1) is 10.1 Å². The highest BCUT2D eigenvalue weighted by Gasteiger charge is 2.18. The Morgan fingerprint density at radius 3 is 2.77 bits per heavy atom. The van der Waals surface area contributed by atoms with E-state index in [-0.39, 0.29) is 24.2 Å². The minimum absolute atomic E-state index is 0.0325. The van der Waals surface area contributed by atoms with Crippen molar-refractivity contribution < 1.29 is 23.6 Å². The molecule has 0 bridgehead atoms. The molecular formula is C23H17N5O6S. The van der Waals surface area contributed by atoms with Crippen molar-refractivity contribution in [2.75, 3.05) is 19.0 Å². The summed E-state index contributed by atoms with van der Waals surface area (Å²) in [5, 5.41) is 20.1. The minimum Gasteiger partial charge on any atom is -0.497 e. The van der Waals surface area contributed by atoms with Gasteiger partial charge in [0.15, 0.2) is 12.4 Å². The van der Waals surface area contributed by atoms with E-state index in [0.29, 0.717) is 33.4 Å². The molecule has 11 nitrogen and oxygen atoms in total. The topological polar surface area (TPSA) is 133 Å². The van der Waals surface area contributed by atoms with E-state index in [0.717, 1.165) is 5.56 Å². The fourth-order valence-corrected chi connectivity index (χ4v) is 4.18. The van der Waals surface area contributed by atoms with Crippen LogP contribution in [-0.2, 0) is 4.79 Å². The number of carbonyl (C=O) groups excluding carboxylic acids is 1. The molecule has 0 atom stereocenters. The monoisotopic (exact) mass is 491 g/mol. The van der Waals surface area contributed by atoms with Gasteiger partial charge in [-0.05, 0) is 48.5 Å². The van der Waals surface area contributed by atoms with Gasteiger partial charge in [0.05, 0.1) is 36.5 Å². The number of amides is 1. The number of ether oxygens (including phenoxy) is 2. The Balaban J connectivity index is 1.59. The molecule has 1 aliphatic rings. The maximum absolute atomic E-state index is 11.8. The molecule has 2 aromatic heterocycles. The molecule has 4 aromatic rings. The highest BCUT2D eigenvalue weighted by atomic mass is 32.1. The molecule has 2 aromatic carbocycles. The van der Waals surface area contributed by atoms with E-state index in [2.05, 4.69) is 15.4 Å². The summed E-state index contributed by atoms with van der Waals surface area (Å²) in [5.74, 6) is 0.878. The summed E-state index contributed by atoms with van der Waals surface area (Å²) in [5.41, 5.74) is 2.67. The predicted octanol–water partition coefficient (Wildman–Crippen LogP) is 4.17. The van der Waals surface area contributed by atoms with Crippen LogP contribution in [0.1, 0.15) is 5.76 Å². The molecular weight excluding hydrogens is 474 g/mol. The Morgan fingerprint density at radius 2 is 2.03 bits per heavy atom. The summed E-state index contributed by atoms with van der Waals surface area (Å²) in [6, 6.07) is 15.3. The standard InChI is InChI=1S/C23H17N5O6S/c1-32-16-5-3-15(4-6-16)25-23-27(24-11-17-7-9-22(34-17)28(30)31)19(13-35-23)14-2-8-20-18(10-14)26-21(29)12-33-20/h2-11,13H,12H2,1H3,(H,26,29). The lowest BCUT2D eigenvalue weighted by molar-refractivity contribution is -0.402. The van der Waals surface area contributed by atoms with E-state index in [1.54, 1.807) is 36.1 Å². The van der Waals surface area contributed by atoms with Crippen LogP contribution in [-0.4, -0.2) is 35.4 Å². The number of rotatable bonds is 6. The van der Waals surface area contributed by atoms with E-state index in [1.165, 1.54) is 29.7 Å². The van der Waals surface area contributed by atoms with Crippen LogP contribution in [0.15, 0.2) is 74.5 Å². The van der Waals surface area contributed by atoms with Crippen LogP contribution in [0.25, 0.3) is 11.3 Å². The van der Waals surface area contributed by atoms with E-state index >= 15 is 0 Å². The van der Waals surface area contributed by atoms with Crippen molar-refractivity contribution in [2.45, 2.75) is 0 Å². The number of nitro groups is 1. The van der Waals surface area contributed by atoms with Crippen molar-refractivity contribution in [1.29, 1.82) is 0 Å². The van der Waals surface area contributed by atoms with Gasteiger partial charge < -0.3 is 19.2 Å². The average molecular weight is 491 g/mol. The number of hydrogen-bond acceptors (Lipinski definition) is 9. The van der Waals surface area contributed by atoms with Crippen molar-refractivity contribution in [2.24, 2.45) is 10.1 Å². The number of methoxy groups -OCH3 is 1. The summed E-state index contributed by atoms with van der Waals surface area (Å²) in [6.45, 7) is -0.0325. The summed E-state index contributed by atoms with van der Waals surface area (Å²) in [7, 11) is 1.59. The molecule has 1 N–H and O–H groups in total. The zero-order chi connectivity index (χ0) is 24.4. The summed E-state index contributed by atoms with van der Waals surface area (Å²) >= 11 is 1.35. The second-order valence-electron chi connectivity index (χ2n) is 7.25. The number of furan rings is 1. The van der Waals surface area contributed by atoms with E-state index in [4.69, 9.17) is 13.9 Å². The quantitative estimate of drug-likeness (QED) is 0.244. The molecule has 0 radical (unpaired) electrons. The maximum Gasteiger partial charge on any atom is 0.433 e. The van der Waals surface area contributed by atoms with Crippen LogP contribution in [0.2, 0.25) is 0 Å². The molecule has 0 fully saturated rings. The predicted molar refractivity (Wildman–Crippen MR) is 128 cm³/mol. The molecule has 0 saturated carbocycles. The normalized spacial score (nSPS) is 13.4. The zero-order valence-electron chi connectivity index (χ0n) is 18.2. The van der Waals surface area contributed by atoms with Gasteiger partial charge in [-0.25, -0.2) is 9.67 Å². The van der Waals surface area contributed by atoms with Gasteiger partial charge in [-0.3, -0.25) is 14.9 Å². The van der Waals surface area contributed by atoms with Crippen LogP contribution in [0.3, 0.4) is 0 Å². The molecule has 5 rings (SSSR count). The van der Waals surface area contributed by atoms with Crippen LogP contribution in [0.5, 0.6) is 11.5 Å². The third-order valence-electron chi connectivity index (χ3n) is 4.98. The van der Waals surface area contributed by atoms with Crippen molar-refractivity contribution in [3.8, 4) is 22.8 Å². The van der Waals surface area contributed by atoms with E-state index in [1.807, 2.05) is 23.6 Å².